The summed E-state index contributed by atoms with van der Waals surface area (Å²) in [4.78, 5) is 25.8. The smallest absolute Gasteiger partial charge is 0.338 e. The van der Waals surface area contributed by atoms with Crippen LogP contribution in [0.4, 0.5) is 16.2 Å². The molecule has 0 aliphatic carbocycles. The van der Waals surface area contributed by atoms with E-state index >= 15 is 0 Å². The third-order valence-corrected chi connectivity index (χ3v) is 5.19. The van der Waals surface area contributed by atoms with Gasteiger partial charge in [0.15, 0.2) is 11.5 Å². The summed E-state index contributed by atoms with van der Waals surface area (Å²) in [5.74, 6) is 0.421. The van der Waals surface area contributed by atoms with Gasteiger partial charge in [-0.1, -0.05) is 24.3 Å². The topological polar surface area (TPSA) is 156 Å². The number of hydrogen-bond donors (Lipinski definition) is 5. The molecule has 0 fully saturated rings. The maximum atomic E-state index is 13.6. The van der Waals surface area contributed by atoms with Crippen molar-refractivity contribution in [3.8, 4) is 11.5 Å². The number of amides is 3. The molecule has 0 heterocycles. The number of urea groups is 1. The molecular weight excluding hydrogens is 472 g/mol. The molecule has 37 heavy (non-hydrogen) atoms. The number of hydrogen-bond acceptors (Lipinski definition) is 6. The molecule has 1 atom stereocenters. The van der Waals surface area contributed by atoms with Crippen LogP contribution in [0.25, 0.3) is 0 Å². The van der Waals surface area contributed by atoms with Crippen molar-refractivity contribution in [3.63, 3.8) is 0 Å². The molecule has 0 spiro atoms. The summed E-state index contributed by atoms with van der Waals surface area (Å²) in [5.41, 5.74) is 15.8. The first-order valence-electron chi connectivity index (χ1n) is 11.8. The molecule has 0 saturated carbocycles. The summed E-state index contributed by atoms with van der Waals surface area (Å²) in [5, 5.41) is 11.8. The zero-order chi connectivity index (χ0) is 26.9. The first kappa shape index (κ1) is 26.9. The van der Waals surface area contributed by atoms with Gasteiger partial charge in [-0.25, -0.2) is 9.80 Å². The molecule has 0 aliphatic heterocycles. The number of nitrogens with zero attached hydrogens (tertiary/aromatic N) is 1. The minimum atomic E-state index is -0.957. The average molecular weight is 505 g/mol. The maximum absolute atomic E-state index is 13.6. The quantitative estimate of drug-likeness (QED) is 0.160. The fraction of sp³-hybridized carbons (Fsp3) is 0.222. The number of hydrazine groups is 1. The number of nitrogens with one attached hydrogen (secondary N) is 3. The van der Waals surface area contributed by atoms with Gasteiger partial charge in [-0.15, -0.1) is 0 Å². The average Bonchev–Trinajstić information content (AvgIpc) is 2.87. The van der Waals surface area contributed by atoms with Crippen molar-refractivity contribution >= 4 is 29.1 Å². The van der Waals surface area contributed by atoms with Crippen molar-refractivity contribution in [3.05, 3.63) is 83.9 Å². The Balaban J connectivity index is 2.00. The molecule has 3 aromatic carbocycles. The number of amidine groups is 1. The van der Waals surface area contributed by atoms with Crippen molar-refractivity contribution in [2.24, 2.45) is 11.5 Å². The highest BCUT2D eigenvalue weighted by atomic mass is 16.5. The molecule has 0 saturated heterocycles. The number of nitrogen functional groups attached to an aromatic ring is 1. The second-order valence-corrected chi connectivity index (χ2v) is 8.36. The molecule has 0 aliphatic rings. The Labute approximate surface area is 216 Å². The Morgan fingerprint density at radius 3 is 2.22 bits per heavy atom. The van der Waals surface area contributed by atoms with E-state index in [-0.39, 0.29) is 11.9 Å². The SMILES string of the molecule is CCOc1cc(C(Nc2ccc(C(=N)N)cc2)C(=O)NN(C(N)=O)c2ccccc2)ccc1OC(C)C. The molecule has 0 aromatic heterocycles. The van der Waals surface area contributed by atoms with E-state index in [9.17, 15) is 9.59 Å². The molecule has 10 nitrogen and oxygen atoms in total. The second kappa shape index (κ2) is 12.3. The molecule has 1 unspecified atom stereocenters. The second-order valence-electron chi connectivity index (χ2n) is 8.36. The molecule has 3 amide bonds. The largest absolute Gasteiger partial charge is 0.490 e. The molecular formula is C27H32N6O4. The van der Waals surface area contributed by atoms with E-state index in [1.165, 1.54) is 0 Å². The number of para-hydroxylation sites is 1. The summed E-state index contributed by atoms with van der Waals surface area (Å²) in [6, 6.07) is 18.7. The Hall–Kier alpha value is -4.73. The molecule has 7 N–H and O–H groups in total. The highest BCUT2D eigenvalue weighted by molar-refractivity contribution is 5.97. The number of carbonyl (C=O) groups is 2. The highest BCUT2D eigenvalue weighted by Crippen LogP contribution is 2.33. The van der Waals surface area contributed by atoms with Gasteiger partial charge < -0.3 is 26.3 Å². The van der Waals surface area contributed by atoms with E-state index in [1.807, 2.05) is 20.8 Å². The van der Waals surface area contributed by atoms with Crippen LogP contribution in [0.15, 0.2) is 72.8 Å². The minimum Gasteiger partial charge on any atom is -0.490 e. The monoisotopic (exact) mass is 504 g/mol. The minimum absolute atomic E-state index is 0.0668. The Kier molecular flexibility index (Phi) is 8.93. The third-order valence-electron chi connectivity index (χ3n) is 5.19. The van der Waals surface area contributed by atoms with Crippen molar-refractivity contribution < 1.29 is 19.1 Å². The summed E-state index contributed by atoms with van der Waals surface area (Å²) >= 11 is 0. The number of anilines is 2. The van der Waals surface area contributed by atoms with Crippen LogP contribution in [0.3, 0.4) is 0 Å². The van der Waals surface area contributed by atoms with Gasteiger partial charge in [0.2, 0.25) is 0 Å². The lowest BCUT2D eigenvalue weighted by Crippen LogP contribution is -2.51. The Morgan fingerprint density at radius 2 is 1.65 bits per heavy atom. The van der Waals surface area contributed by atoms with E-state index < -0.39 is 18.0 Å². The van der Waals surface area contributed by atoms with Crippen molar-refractivity contribution in [1.29, 1.82) is 5.41 Å². The fourth-order valence-electron chi connectivity index (χ4n) is 3.54. The molecule has 0 bridgehead atoms. The van der Waals surface area contributed by atoms with Gasteiger partial charge in [0, 0.05) is 11.3 Å². The van der Waals surface area contributed by atoms with Crippen LogP contribution < -0.4 is 36.7 Å². The molecule has 3 aromatic rings. The lowest BCUT2D eigenvalue weighted by molar-refractivity contribution is -0.122. The number of nitrogens with two attached hydrogens (primary N) is 2. The molecule has 0 radical (unpaired) electrons. The summed E-state index contributed by atoms with van der Waals surface area (Å²) in [7, 11) is 0. The Morgan fingerprint density at radius 1 is 0.973 bits per heavy atom. The van der Waals surface area contributed by atoms with Crippen LogP contribution in [0.5, 0.6) is 11.5 Å². The number of primary amides is 1. The number of benzene rings is 3. The first-order chi connectivity index (χ1) is 17.7. The highest BCUT2D eigenvalue weighted by Gasteiger charge is 2.26. The van der Waals surface area contributed by atoms with E-state index in [0.717, 1.165) is 5.01 Å². The molecule has 10 heteroatoms. The third kappa shape index (κ3) is 7.14. The standard InChI is InChI=1S/C27H32N6O4/c1-4-36-23-16-19(12-15-22(23)37-17(2)3)24(31-20-13-10-18(11-14-20)25(28)29)26(34)32-33(27(30)35)21-8-6-5-7-9-21/h5-17,24,31H,4H2,1-3H3,(H3,28,29)(H2,30,35)(H,32,34). The zero-order valence-corrected chi connectivity index (χ0v) is 21.0. The van der Waals surface area contributed by atoms with Crippen molar-refractivity contribution in [1.82, 2.24) is 5.43 Å². The van der Waals surface area contributed by atoms with Crippen LogP contribution in [0.1, 0.15) is 37.9 Å². The summed E-state index contributed by atoms with van der Waals surface area (Å²) in [6.45, 7) is 6.08. The van der Waals surface area contributed by atoms with Crippen LogP contribution >= 0.6 is 0 Å². The van der Waals surface area contributed by atoms with E-state index in [2.05, 4.69) is 10.7 Å². The molecule has 194 valence electrons. The van der Waals surface area contributed by atoms with Crippen molar-refractivity contribution in [2.75, 3.05) is 16.9 Å². The molecule has 3 rings (SSSR count). The van der Waals surface area contributed by atoms with Gasteiger partial charge >= 0.3 is 6.03 Å². The summed E-state index contributed by atoms with van der Waals surface area (Å²) in [6.07, 6.45) is -0.0722. The summed E-state index contributed by atoms with van der Waals surface area (Å²) < 4.78 is 11.6. The first-order valence-corrected chi connectivity index (χ1v) is 11.8. The van der Waals surface area contributed by atoms with Gasteiger partial charge in [-0.05, 0) is 74.9 Å². The van der Waals surface area contributed by atoms with Gasteiger partial charge in [-0.2, -0.15) is 0 Å². The van der Waals surface area contributed by atoms with E-state index in [4.69, 9.17) is 26.4 Å². The Bertz CT molecular complexity index is 1230. The maximum Gasteiger partial charge on any atom is 0.338 e. The number of rotatable bonds is 10. The van der Waals surface area contributed by atoms with Gasteiger partial charge in [0.25, 0.3) is 5.91 Å². The van der Waals surface area contributed by atoms with Crippen LogP contribution in [-0.4, -0.2) is 30.5 Å². The zero-order valence-electron chi connectivity index (χ0n) is 21.0. The van der Waals surface area contributed by atoms with Crippen LogP contribution in [-0.2, 0) is 4.79 Å². The predicted octanol–water partition coefficient (Wildman–Crippen LogP) is 3.93. The lowest BCUT2D eigenvalue weighted by atomic mass is 10.0. The van der Waals surface area contributed by atoms with Crippen LogP contribution in [0.2, 0.25) is 0 Å². The van der Waals surface area contributed by atoms with E-state index in [0.29, 0.717) is 40.6 Å². The predicted molar refractivity (Wildman–Crippen MR) is 144 cm³/mol. The number of ether oxygens (including phenoxy) is 2. The normalized spacial score (nSPS) is 11.4. The van der Waals surface area contributed by atoms with Gasteiger partial charge in [0.05, 0.1) is 18.4 Å². The number of carbonyl (C=O) groups excluding carboxylic acids is 2. The van der Waals surface area contributed by atoms with Crippen molar-refractivity contribution in [2.45, 2.75) is 32.9 Å². The van der Waals surface area contributed by atoms with Gasteiger partial charge in [0.1, 0.15) is 11.9 Å². The van der Waals surface area contributed by atoms with E-state index in [1.54, 1.807) is 72.8 Å². The van der Waals surface area contributed by atoms with Crippen LogP contribution in [0, 0.1) is 5.41 Å². The lowest BCUT2D eigenvalue weighted by Gasteiger charge is -2.26. The fourth-order valence-corrected chi connectivity index (χ4v) is 3.54. The van der Waals surface area contributed by atoms with Gasteiger partial charge in [-0.3, -0.25) is 15.6 Å².